The standard InChI is InChI=1S/C34H50N2O6/c1-21(2)9-8-10-22(3)31-30(42-32(37)23-17-25(35(38)39)19-26(18-23)36(40)41)20-29-27-13-12-24-11-6-7-15-33(24,4)28(27)14-16-34(29,31)5/h17-19,21-22,24,27-31H,6-16,20H2,1-5H3. The number of esters is 1. The van der Waals surface area contributed by atoms with Gasteiger partial charge in [-0.05, 0) is 91.3 Å². The molecule has 9 atom stereocenters. The number of ether oxygens (including phenoxy) is 1. The summed E-state index contributed by atoms with van der Waals surface area (Å²) in [5.74, 6) is 3.20. The average Bonchev–Trinajstić information content (AvgIpc) is 3.23. The molecule has 8 heteroatoms. The zero-order valence-corrected chi connectivity index (χ0v) is 26.2. The molecule has 0 aliphatic heterocycles. The van der Waals surface area contributed by atoms with E-state index in [0.29, 0.717) is 29.1 Å². The van der Waals surface area contributed by atoms with Crippen molar-refractivity contribution in [2.24, 2.45) is 52.3 Å². The number of benzene rings is 1. The van der Waals surface area contributed by atoms with Crippen molar-refractivity contribution in [3.8, 4) is 0 Å². The highest BCUT2D eigenvalue weighted by Gasteiger charge is 2.63. The number of hydrogen-bond donors (Lipinski definition) is 0. The van der Waals surface area contributed by atoms with Gasteiger partial charge in [-0.1, -0.05) is 66.7 Å². The molecule has 8 nitrogen and oxygen atoms in total. The van der Waals surface area contributed by atoms with Crippen molar-refractivity contribution in [1.82, 2.24) is 0 Å². The molecule has 4 aliphatic carbocycles. The summed E-state index contributed by atoms with van der Waals surface area (Å²) in [5, 5.41) is 23.0. The molecule has 0 amide bonds. The number of carbonyl (C=O) groups excluding carboxylic acids is 1. The highest BCUT2D eigenvalue weighted by Crippen LogP contribution is 2.68. The third kappa shape index (κ3) is 5.59. The van der Waals surface area contributed by atoms with E-state index >= 15 is 0 Å². The quantitative estimate of drug-likeness (QED) is 0.163. The molecule has 0 heterocycles. The predicted octanol–water partition coefficient (Wildman–Crippen LogP) is 9.15. The van der Waals surface area contributed by atoms with Gasteiger partial charge in [-0.2, -0.15) is 0 Å². The van der Waals surface area contributed by atoms with E-state index < -0.39 is 27.2 Å². The summed E-state index contributed by atoms with van der Waals surface area (Å²) in [4.78, 5) is 35.2. The lowest BCUT2D eigenvalue weighted by atomic mass is 9.44. The van der Waals surface area contributed by atoms with E-state index in [4.69, 9.17) is 4.74 Å². The smallest absolute Gasteiger partial charge is 0.338 e. The lowest BCUT2D eigenvalue weighted by Crippen LogP contribution is -2.53. The summed E-state index contributed by atoms with van der Waals surface area (Å²) in [6, 6.07) is 3.12. The molecule has 4 aliphatic rings. The van der Waals surface area contributed by atoms with E-state index in [2.05, 4.69) is 34.6 Å². The number of hydrogen-bond acceptors (Lipinski definition) is 6. The molecular formula is C34H50N2O6. The van der Waals surface area contributed by atoms with Crippen LogP contribution in [0.4, 0.5) is 11.4 Å². The summed E-state index contributed by atoms with van der Waals surface area (Å²) in [5.41, 5.74) is -0.576. The molecule has 42 heavy (non-hydrogen) atoms. The van der Waals surface area contributed by atoms with Gasteiger partial charge in [0.15, 0.2) is 0 Å². The van der Waals surface area contributed by atoms with Gasteiger partial charge < -0.3 is 4.74 Å². The van der Waals surface area contributed by atoms with Crippen molar-refractivity contribution in [2.45, 2.75) is 118 Å². The van der Waals surface area contributed by atoms with Gasteiger partial charge in [-0.25, -0.2) is 4.79 Å². The van der Waals surface area contributed by atoms with E-state index in [0.717, 1.165) is 55.7 Å². The van der Waals surface area contributed by atoms with Crippen LogP contribution in [0.25, 0.3) is 0 Å². The number of nitro groups is 2. The lowest BCUT2D eigenvalue weighted by molar-refractivity contribution is -0.394. The van der Waals surface area contributed by atoms with Crippen LogP contribution in [0, 0.1) is 72.5 Å². The van der Waals surface area contributed by atoms with Crippen LogP contribution in [0.1, 0.15) is 122 Å². The third-order valence-corrected chi connectivity index (χ3v) is 12.5. The summed E-state index contributed by atoms with van der Waals surface area (Å²) in [6.45, 7) is 11.9. The third-order valence-electron chi connectivity index (χ3n) is 12.5. The molecule has 0 radical (unpaired) electrons. The molecule has 0 bridgehead atoms. The topological polar surface area (TPSA) is 113 Å². The van der Waals surface area contributed by atoms with Crippen LogP contribution in [0.2, 0.25) is 0 Å². The predicted molar refractivity (Wildman–Crippen MR) is 162 cm³/mol. The maximum atomic E-state index is 13.6. The van der Waals surface area contributed by atoms with Crippen molar-refractivity contribution in [2.75, 3.05) is 0 Å². The van der Waals surface area contributed by atoms with Crippen molar-refractivity contribution in [3.05, 3.63) is 44.0 Å². The molecule has 0 spiro atoms. The van der Waals surface area contributed by atoms with Gasteiger partial charge in [0.2, 0.25) is 0 Å². The highest BCUT2D eigenvalue weighted by atomic mass is 16.6. The minimum absolute atomic E-state index is 0.0654. The van der Waals surface area contributed by atoms with Crippen LogP contribution in [0.15, 0.2) is 18.2 Å². The molecule has 5 rings (SSSR count). The Morgan fingerprint density at radius 3 is 2.24 bits per heavy atom. The minimum Gasteiger partial charge on any atom is -0.458 e. The first-order chi connectivity index (χ1) is 19.8. The number of carbonyl (C=O) groups is 1. The van der Waals surface area contributed by atoms with Gasteiger partial charge in [-0.15, -0.1) is 0 Å². The Balaban J connectivity index is 1.44. The van der Waals surface area contributed by atoms with Gasteiger partial charge in [0.25, 0.3) is 11.4 Å². The number of fused-ring (bicyclic) bond motifs is 5. The van der Waals surface area contributed by atoms with Crippen LogP contribution in [0.3, 0.4) is 0 Å². The maximum Gasteiger partial charge on any atom is 0.338 e. The average molecular weight is 583 g/mol. The summed E-state index contributed by atoms with van der Waals surface area (Å²) in [6.07, 6.45) is 14.3. The SMILES string of the molecule is CC(C)CCCC(C)C1C(OC(=O)c2cc([N+](=O)[O-])cc([N+](=O)[O-])c2)CC2C3CCC4CCCCC4(C)C3CCC21C. The second-order valence-electron chi connectivity index (χ2n) is 15.2. The summed E-state index contributed by atoms with van der Waals surface area (Å²) in [7, 11) is 0. The van der Waals surface area contributed by atoms with Crippen LogP contribution < -0.4 is 0 Å². The Morgan fingerprint density at radius 2 is 1.60 bits per heavy atom. The number of nitro benzene ring substituents is 2. The van der Waals surface area contributed by atoms with E-state index in [1.54, 1.807) is 0 Å². The number of non-ortho nitro benzene ring substituents is 2. The zero-order valence-electron chi connectivity index (χ0n) is 26.2. The Bertz CT molecular complexity index is 1170. The minimum atomic E-state index is -0.698. The summed E-state index contributed by atoms with van der Waals surface area (Å²) < 4.78 is 6.31. The van der Waals surface area contributed by atoms with Crippen LogP contribution in [0.5, 0.6) is 0 Å². The molecule has 0 saturated heterocycles. The fourth-order valence-corrected chi connectivity index (χ4v) is 10.6. The normalized spacial score (nSPS) is 36.4. The monoisotopic (exact) mass is 582 g/mol. The largest absolute Gasteiger partial charge is 0.458 e. The highest BCUT2D eigenvalue weighted by molar-refractivity contribution is 5.91. The second kappa shape index (κ2) is 11.9. The van der Waals surface area contributed by atoms with Crippen LogP contribution in [-0.2, 0) is 4.74 Å². The van der Waals surface area contributed by atoms with Gasteiger partial charge >= 0.3 is 5.97 Å². The van der Waals surface area contributed by atoms with Gasteiger partial charge in [0.05, 0.1) is 21.5 Å². The first kappa shape index (κ1) is 30.9. The molecule has 232 valence electrons. The Hall–Kier alpha value is -2.51. The molecule has 1 aromatic rings. The maximum absolute atomic E-state index is 13.6. The van der Waals surface area contributed by atoms with Crippen molar-refractivity contribution >= 4 is 17.3 Å². The van der Waals surface area contributed by atoms with E-state index in [-0.39, 0.29) is 23.0 Å². The van der Waals surface area contributed by atoms with Crippen LogP contribution >= 0.6 is 0 Å². The van der Waals surface area contributed by atoms with Gasteiger partial charge in [0, 0.05) is 18.1 Å². The zero-order chi connectivity index (χ0) is 30.4. The van der Waals surface area contributed by atoms with Gasteiger partial charge in [-0.3, -0.25) is 20.2 Å². The van der Waals surface area contributed by atoms with Crippen molar-refractivity contribution < 1.29 is 19.4 Å². The second-order valence-corrected chi connectivity index (χ2v) is 15.2. The van der Waals surface area contributed by atoms with E-state index in [1.807, 2.05) is 0 Å². The molecule has 4 saturated carbocycles. The Morgan fingerprint density at radius 1 is 0.905 bits per heavy atom. The number of nitrogens with zero attached hydrogens (tertiary/aromatic N) is 2. The van der Waals surface area contributed by atoms with Crippen LogP contribution in [-0.4, -0.2) is 21.9 Å². The van der Waals surface area contributed by atoms with Crippen molar-refractivity contribution in [3.63, 3.8) is 0 Å². The molecule has 4 fully saturated rings. The lowest BCUT2D eigenvalue weighted by Gasteiger charge is -2.60. The van der Waals surface area contributed by atoms with E-state index in [1.165, 1.54) is 51.4 Å². The summed E-state index contributed by atoms with van der Waals surface area (Å²) >= 11 is 0. The van der Waals surface area contributed by atoms with E-state index in [9.17, 15) is 25.0 Å². The molecule has 0 N–H and O–H groups in total. The fraction of sp³-hybridized carbons (Fsp3) is 0.794. The first-order valence-electron chi connectivity index (χ1n) is 16.5. The Kier molecular flexibility index (Phi) is 8.75. The molecule has 1 aromatic carbocycles. The molecular weight excluding hydrogens is 532 g/mol. The molecule has 0 aromatic heterocycles. The Labute approximate surface area is 250 Å². The first-order valence-corrected chi connectivity index (χ1v) is 16.5. The van der Waals surface area contributed by atoms with Gasteiger partial charge in [0.1, 0.15) is 6.10 Å². The fourth-order valence-electron chi connectivity index (χ4n) is 10.6. The van der Waals surface area contributed by atoms with Crippen molar-refractivity contribution in [1.29, 1.82) is 0 Å². The molecule has 9 unspecified atom stereocenters. The number of rotatable bonds is 9.